The number of aliphatic carboxylic acids is 1. The van der Waals surface area contributed by atoms with Crippen molar-refractivity contribution in [2.45, 2.75) is 51.7 Å². The molecule has 0 aliphatic rings. The number of carboxylic acid groups (broad SMARTS) is 1. The largest absolute Gasteiger partial charge is 0.481 e. The molecule has 0 heterocycles. The molecule has 0 saturated carbocycles. The van der Waals surface area contributed by atoms with E-state index in [9.17, 15) is 14.7 Å². The van der Waals surface area contributed by atoms with Crippen LogP contribution >= 0.6 is 0 Å². The molecule has 106 valence electrons. The first-order valence-corrected chi connectivity index (χ1v) is 6.11. The second-order valence-corrected chi connectivity index (χ2v) is 5.35. The summed E-state index contributed by atoms with van der Waals surface area (Å²) in [5, 5.41) is 21.0. The van der Waals surface area contributed by atoms with E-state index in [0.29, 0.717) is 12.3 Å². The lowest BCUT2D eigenvalue weighted by Crippen LogP contribution is -2.47. The number of rotatable bonds is 8. The molecule has 0 aromatic rings. The summed E-state index contributed by atoms with van der Waals surface area (Å²) in [5.41, 5.74) is 4.56. The second-order valence-electron chi connectivity index (χ2n) is 5.35. The maximum absolute atomic E-state index is 11.5. The SMILES string of the molecule is CC(C)CC(C)(O)CNC(=O)C(N)CCC(=O)O. The van der Waals surface area contributed by atoms with Gasteiger partial charge in [-0.15, -0.1) is 0 Å². The molecule has 2 atom stereocenters. The lowest BCUT2D eigenvalue weighted by Gasteiger charge is -2.26. The summed E-state index contributed by atoms with van der Waals surface area (Å²) in [6.45, 7) is 5.73. The van der Waals surface area contributed by atoms with Crippen LogP contribution in [0.4, 0.5) is 0 Å². The summed E-state index contributed by atoms with van der Waals surface area (Å²) in [7, 11) is 0. The Labute approximate surface area is 108 Å². The van der Waals surface area contributed by atoms with Gasteiger partial charge in [0.05, 0.1) is 11.6 Å². The van der Waals surface area contributed by atoms with E-state index < -0.39 is 23.5 Å². The molecule has 0 spiro atoms. The molecular weight excluding hydrogens is 236 g/mol. The molecule has 0 aromatic carbocycles. The number of hydrogen-bond acceptors (Lipinski definition) is 4. The molecule has 0 aliphatic heterocycles. The predicted molar refractivity (Wildman–Crippen MR) is 67.9 cm³/mol. The third kappa shape index (κ3) is 8.03. The Bertz CT molecular complexity index is 290. The van der Waals surface area contributed by atoms with E-state index in [-0.39, 0.29) is 19.4 Å². The van der Waals surface area contributed by atoms with Crippen LogP contribution < -0.4 is 11.1 Å². The monoisotopic (exact) mass is 260 g/mol. The van der Waals surface area contributed by atoms with Crippen molar-refractivity contribution >= 4 is 11.9 Å². The molecule has 0 aliphatic carbocycles. The van der Waals surface area contributed by atoms with Crippen molar-refractivity contribution in [2.24, 2.45) is 11.7 Å². The van der Waals surface area contributed by atoms with Gasteiger partial charge in [-0.1, -0.05) is 13.8 Å². The molecule has 6 nitrogen and oxygen atoms in total. The fraction of sp³-hybridized carbons (Fsp3) is 0.833. The van der Waals surface area contributed by atoms with Crippen molar-refractivity contribution < 1.29 is 19.8 Å². The van der Waals surface area contributed by atoms with Crippen molar-refractivity contribution in [1.82, 2.24) is 5.32 Å². The zero-order valence-electron chi connectivity index (χ0n) is 11.3. The second kappa shape index (κ2) is 7.33. The Hall–Kier alpha value is -1.14. The van der Waals surface area contributed by atoms with Crippen LogP contribution in [-0.2, 0) is 9.59 Å². The molecule has 0 rings (SSSR count). The minimum atomic E-state index is -0.981. The van der Waals surface area contributed by atoms with Gasteiger partial charge >= 0.3 is 5.97 Å². The fourth-order valence-electron chi connectivity index (χ4n) is 1.77. The van der Waals surface area contributed by atoms with Crippen LogP contribution in [0.1, 0.15) is 40.0 Å². The zero-order chi connectivity index (χ0) is 14.3. The summed E-state index contributed by atoms with van der Waals surface area (Å²) < 4.78 is 0. The Morgan fingerprint density at radius 1 is 1.39 bits per heavy atom. The summed E-state index contributed by atoms with van der Waals surface area (Å²) >= 11 is 0. The van der Waals surface area contributed by atoms with E-state index in [1.165, 1.54) is 0 Å². The highest BCUT2D eigenvalue weighted by molar-refractivity contribution is 5.82. The van der Waals surface area contributed by atoms with Crippen LogP contribution in [0.25, 0.3) is 0 Å². The third-order valence-corrected chi connectivity index (χ3v) is 2.50. The Morgan fingerprint density at radius 3 is 2.39 bits per heavy atom. The lowest BCUT2D eigenvalue weighted by atomic mass is 9.94. The van der Waals surface area contributed by atoms with Crippen molar-refractivity contribution in [2.75, 3.05) is 6.54 Å². The lowest BCUT2D eigenvalue weighted by molar-refractivity contribution is -0.137. The number of carboxylic acids is 1. The molecule has 0 radical (unpaired) electrons. The third-order valence-electron chi connectivity index (χ3n) is 2.50. The minimum Gasteiger partial charge on any atom is -0.481 e. The fourth-order valence-corrected chi connectivity index (χ4v) is 1.77. The van der Waals surface area contributed by atoms with Gasteiger partial charge in [0, 0.05) is 13.0 Å². The first-order chi connectivity index (χ1) is 8.14. The van der Waals surface area contributed by atoms with Gasteiger partial charge < -0.3 is 21.3 Å². The molecule has 0 bridgehead atoms. The van der Waals surface area contributed by atoms with E-state index in [0.717, 1.165) is 0 Å². The standard InChI is InChI=1S/C12H24N2O4/c1-8(2)6-12(3,18)7-14-11(17)9(13)4-5-10(15)16/h8-9,18H,4-7,13H2,1-3H3,(H,14,17)(H,15,16). The highest BCUT2D eigenvalue weighted by atomic mass is 16.4. The molecule has 0 aromatic heterocycles. The molecule has 6 heteroatoms. The van der Waals surface area contributed by atoms with E-state index in [4.69, 9.17) is 10.8 Å². The Kier molecular flexibility index (Phi) is 6.86. The zero-order valence-corrected chi connectivity index (χ0v) is 11.3. The number of amides is 1. The molecule has 1 amide bonds. The first-order valence-electron chi connectivity index (χ1n) is 6.11. The molecular formula is C12H24N2O4. The van der Waals surface area contributed by atoms with Crippen molar-refractivity contribution in [3.05, 3.63) is 0 Å². The number of nitrogens with one attached hydrogen (secondary N) is 1. The quantitative estimate of drug-likeness (QED) is 0.494. The van der Waals surface area contributed by atoms with Gasteiger partial charge in [0.1, 0.15) is 0 Å². The average molecular weight is 260 g/mol. The number of carbonyl (C=O) groups excluding carboxylic acids is 1. The predicted octanol–water partition coefficient (Wildman–Crippen LogP) is 0.0918. The van der Waals surface area contributed by atoms with Crippen molar-refractivity contribution in [3.63, 3.8) is 0 Å². The van der Waals surface area contributed by atoms with Gasteiger partial charge in [0.15, 0.2) is 0 Å². The van der Waals surface area contributed by atoms with Crippen LogP contribution in [0.2, 0.25) is 0 Å². The number of nitrogens with two attached hydrogens (primary N) is 1. The molecule has 0 fully saturated rings. The van der Waals surface area contributed by atoms with E-state index in [1.54, 1.807) is 6.92 Å². The van der Waals surface area contributed by atoms with Crippen LogP contribution in [0.5, 0.6) is 0 Å². The summed E-state index contributed by atoms with van der Waals surface area (Å²) in [4.78, 5) is 21.9. The molecule has 18 heavy (non-hydrogen) atoms. The summed E-state index contributed by atoms with van der Waals surface area (Å²) in [5.74, 6) is -1.09. The molecule has 2 unspecified atom stereocenters. The van der Waals surface area contributed by atoms with Gasteiger partial charge in [-0.25, -0.2) is 0 Å². The van der Waals surface area contributed by atoms with E-state index in [2.05, 4.69) is 5.32 Å². The summed E-state index contributed by atoms with van der Waals surface area (Å²) in [6.07, 6.45) is 0.516. The van der Waals surface area contributed by atoms with Gasteiger partial charge in [-0.2, -0.15) is 0 Å². The van der Waals surface area contributed by atoms with Gasteiger partial charge in [-0.3, -0.25) is 9.59 Å². The van der Waals surface area contributed by atoms with Gasteiger partial charge in [0.25, 0.3) is 0 Å². The van der Waals surface area contributed by atoms with Crippen LogP contribution in [0, 0.1) is 5.92 Å². The molecule has 0 saturated heterocycles. The van der Waals surface area contributed by atoms with Crippen LogP contribution in [0.15, 0.2) is 0 Å². The van der Waals surface area contributed by atoms with Gasteiger partial charge in [0.2, 0.25) is 5.91 Å². The highest BCUT2D eigenvalue weighted by Crippen LogP contribution is 2.15. The Balaban J connectivity index is 4.05. The van der Waals surface area contributed by atoms with Crippen LogP contribution in [0.3, 0.4) is 0 Å². The number of hydrogen-bond donors (Lipinski definition) is 4. The topological polar surface area (TPSA) is 113 Å². The minimum absolute atomic E-state index is 0.0908. The van der Waals surface area contributed by atoms with Crippen LogP contribution in [-0.4, -0.2) is 40.3 Å². The Morgan fingerprint density at radius 2 is 1.94 bits per heavy atom. The van der Waals surface area contributed by atoms with Gasteiger partial charge in [-0.05, 0) is 25.7 Å². The first kappa shape index (κ1) is 16.9. The average Bonchev–Trinajstić information content (AvgIpc) is 2.20. The maximum atomic E-state index is 11.5. The number of carbonyl (C=O) groups is 2. The summed E-state index contributed by atoms with van der Waals surface area (Å²) in [6, 6.07) is -0.851. The van der Waals surface area contributed by atoms with Crippen molar-refractivity contribution in [3.8, 4) is 0 Å². The number of aliphatic hydroxyl groups is 1. The highest BCUT2D eigenvalue weighted by Gasteiger charge is 2.24. The normalized spacial score (nSPS) is 16.1. The molecule has 5 N–H and O–H groups in total. The van der Waals surface area contributed by atoms with E-state index in [1.807, 2.05) is 13.8 Å². The smallest absolute Gasteiger partial charge is 0.303 e. The van der Waals surface area contributed by atoms with E-state index >= 15 is 0 Å². The van der Waals surface area contributed by atoms with Crippen molar-refractivity contribution in [1.29, 1.82) is 0 Å². The maximum Gasteiger partial charge on any atom is 0.303 e.